The zero-order valence-electron chi connectivity index (χ0n) is 16.6. The molecule has 3 rings (SSSR count). The first-order valence-electron chi connectivity index (χ1n) is 9.31. The van der Waals surface area contributed by atoms with Crippen molar-refractivity contribution in [1.82, 2.24) is 10.2 Å². The first-order chi connectivity index (χ1) is 12.7. The van der Waals surface area contributed by atoms with Crippen molar-refractivity contribution >= 4 is 51.4 Å². The van der Waals surface area contributed by atoms with Gasteiger partial charge in [-0.25, -0.2) is 8.42 Å². The molecular weight excluding hydrogens is 491 g/mol. The third-order valence-electron chi connectivity index (χ3n) is 5.33. The van der Waals surface area contributed by atoms with Gasteiger partial charge in [0.05, 0.1) is 10.5 Å². The fourth-order valence-electron chi connectivity index (χ4n) is 3.55. The van der Waals surface area contributed by atoms with Crippen LogP contribution in [0.15, 0.2) is 29.3 Å². The largest absolute Gasteiger partial charge is 0.352 e. The molecule has 156 valence electrons. The quantitative estimate of drug-likeness (QED) is 0.375. The Morgan fingerprint density at radius 2 is 1.89 bits per heavy atom. The summed E-state index contributed by atoms with van der Waals surface area (Å²) in [6.45, 7) is 5.77. The molecular formula is C19H29IN4O3S. The lowest BCUT2D eigenvalue weighted by Crippen LogP contribution is -2.57. The molecule has 2 fully saturated rings. The van der Waals surface area contributed by atoms with Crippen molar-refractivity contribution in [3.8, 4) is 0 Å². The van der Waals surface area contributed by atoms with Crippen LogP contribution in [-0.2, 0) is 21.2 Å². The van der Waals surface area contributed by atoms with Gasteiger partial charge in [0.15, 0.2) is 15.8 Å². The maximum atomic E-state index is 12.2. The van der Waals surface area contributed by atoms with Gasteiger partial charge in [-0.1, -0.05) is 12.1 Å². The summed E-state index contributed by atoms with van der Waals surface area (Å²) < 4.78 is 23.6. The van der Waals surface area contributed by atoms with Crippen LogP contribution in [0.3, 0.4) is 0 Å². The Morgan fingerprint density at radius 3 is 2.43 bits per heavy atom. The van der Waals surface area contributed by atoms with Crippen LogP contribution in [0.4, 0.5) is 5.69 Å². The molecule has 0 aliphatic carbocycles. The lowest BCUT2D eigenvalue weighted by Gasteiger charge is -2.39. The van der Waals surface area contributed by atoms with Crippen LogP contribution in [0.2, 0.25) is 0 Å². The van der Waals surface area contributed by atoms with Gasteiger partial charge in [-0.05, 0) is 38.0 Å². The normalized spacial score (nSPS) is 21.4. The SMILES string of the molecule is CN=C(NCc1ccc(N2CCCC2=O)cc1)N1CCS(=O)(=O)C(C)(C)C1.I. The van der Waals surface area contributed by atoms with Gasteiger partial charge in [-0.3, -0.25) is 9.79 Å². The first kappa shape index (κ1) is 22.9. The molecule has 2 aliphatic rings. The zero-order valence-corrected chi connectivity index (χ0v) is 19.8. The van der Waals surface area contributed by atoms with Gasteiger partial charge in [0.2, 0.25) is 5.91 Å². The average molecular weight is 520 g/mol. The third kappa shape index (κ3) is 4.79. The Balaban J connectivity index is 0.00000280. The van der Waals surface area contributed by atoms with Gasteiger partial charge in [-0.15, -0.1) is 24.0 Å². The van der Waals surface area contributed by atoms with E-state index in [-0.39, 0.29) is 35.6 Å². The molecule has 1 aromatic rings. The van der Waals surface area contributed by atoms with Gasteiger partial charge in [0.1, 0.15) is 0 Å². The van der Waals surface area contributed by atoms with E-state index >= 15 is 0 Å². The van der Waals surface area contributed by atoms with Gasteiger partial charge in [-0.2, -0.15) is 0 Å². The Bertz CT molecular complexity index is 837. The van der Waals surface area contributed by atoms with Gasteiger partial charge in [0, 0.05) is 45.3 Å². The number of guanidine groups is 1. The van der Waals surface area contributed by atoms with Crippen molar-refractivity contribution < 1.29 is 13.2 Å². The molecule has 7 nitrogen and oxygen atoms in total. The summed E-state index contributed by atoms with van der Waals surface area (Å²) >= 11 is 0. The number of aliphatic imine (C=N–C) groups is 1. The van der Waals surface area contributed by atoms with Crippen molar-refractivity contribution in [1.29, 1.82) is 0 Å². The third-order valence-corrected chi connectivity index (χ3v) is 7.86. The maximum absolute atomic E-state index is 12.2. The molecule has 2 saturated heterocycles. The highest BCUT2D eigenvalue weighted by molar-refractivity contribution is 14.0. The van der Waals surface area contributed by atoms with E-state index in [0.29, 0.717) is 32.0 Å². The Morgan fingerprint density at radius 1 is 1.21 bits per heavy atom. The number of carbonyl (C=O) groups excluding carboxylic acids is 1. The molecule has 0 radical (unpaired) electrons. The van der Waals surface area contributed by atoms with E-state index < -0.39 is 14.6 Å². The van der Waals surface area contributed by atoms with E-state index in [1.54, 1.807) is 20.9 Å². The number of nitrogens with one attached hydrogen (secondary N) is 1. The minimum Gasteiger partial charge on any atom is -0.352 e. The summed E-state index contributed by atoms with van der Waals surface area (Å²) in [5.41, 5.74) is 2.02. The summed E-state index contributed by atoms with van der Waals surface area (Å²) in [5, 5.41) is 3.32. The maximum Gasteiger partial charge on any atom is 0.227 e. The summed E-state index contributed by atoms with van der Waals surface area (Å²) in [7, 11) is -1.37. The highest BCUT2D eigenvalue weighted by Crippen LogP contribution is 2.24. The highest BCUT2D eigenvalue weighted by Gasteiger charge is 2.40. The van der Waals surface area contributed by atoms with Crippen LogP contribution < -0.4 is 10.2 Å². The predicted octanol–water partition coefficient (Wildman–Crippen LogP) is 2.02. The van der Waals surface area contributed by atoms with Crippen LogP contribution in [0, 0.1) is 0 Å². The molecule has 0 bridgehead atoms. The van der Waals surface area contributed by atoms with E-state index in [2.05, 4.69) is 10.3 Å². The molecule has 28 heavy (non-hydrogen) atoms. The summed E-state index contributed by atoms with van der Waals surface area (Å²) in [6, 6.07) is 7.96. The number of nitrogens with zero attached hydrogens (tertiary/aromatic N) is 3. The molecule has 0 unspecified atom stereocenters. The van der Waals surface area contributed by atoms with E-state index in [1.165, 1.54) is 0 Å². The summed E-state index contributed by atoms with van der Waals surface area (Å²) in [6.07, 6.45) is 1.54. The molecule has 1 aromatic carbocycles. The summed E-state index contributed by atoms with van der Waals surface area (Å²) in [5.74, 6) is 1.03. The number of amides is 1. The minimum atomic E-state index is -3.08. The van der Waals surface area contributed by atoms with Crippen LogP contribution in [0.25, 0.3) is 0 Å². The minimum absolute atomic E-state index is 0. The Labute approximate surface area is 184 Å². The smallest absolute Gasteiger partial charge is 0.227 e. The number of carbonyl (C=O) groups is 1. The predicted molar refractivity (Wildman–Crippen MR) is 123 cm³/mol. The molecule has 9 heteroatoms. The van der Waals surface area contributed by atoms with E-state index in [1.807, 2.05) is 34.1 Å². The molecule has 1 N–H and O–H groups in total. The van der Waals surface area contributed by atoms with Gasteiger partial charge >= 0.3 is 0 Å². The second-order valence-corrected chi connectivity index (χ2v) is 10.5. The molecule has 2 aliphatic heterocycles. The number of rotatable bonds is 3. The van der Waals surface area contributed by atoms with Crippen LogP contribution in [0.1, 0.15) is 32.3 Å². The fraction of sp³-hybridized carbons (Fsp3) is 0.579. The second kappa shape index (κ2) is 8.98. The van der Waals surface area contributed by atoms with Crippen LogP contribution in [-0.4, -0.2) is 62.4 Å². The fourth-order valence-corrected chi connectivity index (χ4v) is 4.92. The highest BCUT2D eigenvalue weighted by atomic mass is 127. The number of halogens is 1. The number of hydrogen-bond acceptors (Lipinski definition) is 4. The average Bonchev–Trinajstić information content (AvgIpc) is 3.05. The van der Waals surface area contributed by atoms with E-state index in [4.69, 9.17) is 0 Å². The first-order valence-corrected chi connectivity index (χ1v) is 11.0. The topological polar surface area (TPSA) is 82.1 Å². The molecule has 0 atom stereocenters. The van der Waals surface area contributed by atoms with Crippen molar-refractivity contribution in [3.63, 3.8) is 0 Å². The van der Waals surface area contributed by atoms with Gasteiger partial charge < -0.3 is 15.1 Å². The molecule has 0 aromatic heterocycles. The lowest BCUT2D eigenvalue weighted by molar-refractivity contribution is -0.117. The number of sulfone groups is 1. The summed E-state index contributed by atoms with van der Waals surface area (Å²) in [4.78, 5) is 20.0. The van der Waals surface area contributed by atoms with Gasteiger partial charge in [0.25, 0.3) is 0 Å². The monoisotopic (exact) mass is 520 g/mol. The van der Waals surface area contributed by atoms with E-state index in [0.717, 1.165) is 24.2 Å². The molecule has 0 spiro atoms. The molecule has 0 saturated carbocycles. The zero-order chi connectivity index (χ0) is 19.7. The van der Waals surface area contributed by atoms with Crippen molar-refractivity contribution in [2.75, 3.05) is 37.3 Å². The molecule has 1 amide bonds. The number of hydrogen-bond donors (Lipinski definition) is 1. The van der Waals surface area contributed by atoms with E-state index in [9.17, 15) is 13.2 Å². The number of anilines is 1. The molecule has 2 heterocycles. The Kier molecular flexibility index (Phi) is 7.35. The standard InChI is InChI=1S/C19H28N4O3S.HI/c1-19(2)14-22(11-12-27(19,25)26)18(20-3)21-13-15-6-8-16(9-7-15)23-10-4-5-17(23)24;/h6-9H,4-5,10-14H2,1-3H3,(H,20,21);1H. The lowest BCUT2D eigenvalue weighted by atomic mass is 10.2. The Hall–Kier alpha value is -1.36. The van der Waals surface area contributed by atoms with Crippen LogP contribution >= 0.6 is 24.0 Å². The number of benzene rings is 1. The van der Waals surface area contributed by atoms with Crippen molar-refractivity contribution in [2.24, 2.45) is 4.99 Å². The van der Waals surface area contributed by atoms with Crippen molar-refractivity contribution in [2.45, 2.75) is 38.0 Å². The second-order valence-electron chi connectivity index (χ2n) is 7.72. The van der Waals surface area contributed by atoms with Crippen LogP contribution in [0.5, 0.6) is 0 Å². The van der Waals surface area contributed by atoms with Crippen molar-refractivity contribution in [3.05, 3.63) is 29.8 Å².